The minimum atomic E-state index is -3.80. The van der Waals surface area contributed by atoms with Crippen molar-refractivity contribution in [3.63, 3.8) is 0 Å². The van der Waals surface area contributed by atoms with Crippen LogP contribution in [0.5, 0.6) is 0 Å². The van der Waals surface area contributed by atoms with Crippen LogP contribution in [-0.2, 0) is 27.9 Å². The Labute approximate surface area is 163 Å². The van der Waals surface area contributed by atoms with Crippen molar-refractivity contribution < 1.29 is 22.0 Å². The quantitative estimate of drug-likeness (QED) is 0.607. The molecular formula is C20H20N2O5S. The number of amides is 1. The van der Waals surface area contributed by atoms with Crippen LogP contribution in [-0.4, -0.2) is 25.2 Å². The van der Waals surface area contributed by atoms with Crippen molar-refractivity contribution in [1.29, 1.82) is 0 Å². The average molecular weight is 400 g/mol. The minimum Gasteiger partial charge on any atom is -0.468 e. The van der Waals surface area contributed by atoms with Gasteiger partial charge < -0.3 is 13.7 Å². The molecule has 8 heteroatoms. The normalized spacial score (nSPS) is 14.9. The summed E-state index contributed by atoms with van der Waals surface area (Å²) in [5, 5.41) is 0. The maximum absolute atomic E-state index is 13.2. The fourth-order valence-corrected chi connectivity index (χ4v) is 4.62. The lowest BCUT2D eigenvalue weighted by molar-refractivity contribution is -0.117. The zero-order chi connectivity index (χ0) is 19.6. The molecule has 2 aromatic heterocycles. The molecule has 0 atom stereocenters. The fourth-order valence-electron chi connectivity index (χ4n) is 3.25. The fraction of sp³-hybridized carbons (Fsp3) is 0.250. The van der Waals surface area contributed by atoms with E-state index in [0.717, 1.165) is 6.42 Å². The van der Waals surface area contributed by atoms with Crippen LogP contribution in [0.25, 0.3) is 0 Å². The van der Waals surface area contributed by atoms with Gasteiger partial charge >= 0.3 is 0 Å². The largest absolute Gasteiger partial charge is 0.468 e. The van der Waals surface area contributed by atoms with E-state index in [1.54, 1.807) is 41.3 Å². The van der Waals surface area contributed by atoms with Crippen molar-refractivity contribution >= 4 is 21.6 Å². The molecule has 1 aliphatic rings. The molecule has 0 saturated carbocycles. The van der Waals surface area contributed by atoms with Gasteiger partial charge in [0.25, 0.3) is 0 Å². The Hall–Kier alpha value is -2.84. The molecule has 146 valence electrons. The number of sulfonamides is 1. The van der Waals surface area contributed by atoms with E-state index in [-0.39, 0.29) is 23.9 Å². The van der Waals surface area contributed by atoms with Crippen LogP contribution in [0, 0.1) is 0 Å². The van der Waals surface area contributed by atoms with Gasteiger partial charge in [0.2, 0.25) is 15.9 Å². The van der Waals surface area contributed by atoms with E-state index >= 15 is 0 Å². The number of hydrogen-bond acceptors (Lipinski definition) is 5. The molecule has 1 aromatic carbocycles. The van der Waals surface area contributed by atoms with E-state index in [2.05, 4.69) is 0 Å². The average Bonchev–Trinajstić information content (AvgIpc) is 3.44. The van der Waals surface area contributed by atoms with E-state index in [1.807, 2.05) is 0 Å². The highest BCUT2D eigenvalue weighted by Gasteiger charge is 2.28. The predicted octanol–water partition coefficient (Wildman–Crippen LogP) is 3.39. The second-order valence-electron chi connectivity index (χ2n) is 6.57. The maximum atomic E-state index is 13.2. The number of hydrogen-bond donors (Lipinski definition) is 0. The predicted molar refractivity (Wildman–Crippen MR) is 102 cm³/mol. The third-order valence-corrected chi connectivity index (χ3v) is 6.49. The van der Waals surface area contributed by atoms with E-state index < -0.39 is 10.0 Å². The molecule has 7 nitrogen and oxygen atoms in total. The van der Waals surface area contributed by atoms with Crippen molar-refractivity contribution in [3.8, 4) is 0 Å². The Morgan fingerprint density at radius 1 is 0.929 bits per heavy atom. The van der Waals surface area contributed by atoms with Gasteiger partial charge in [0.05, 0.1) is 30.5 Å². The maximum Gasteiger partial charge on any atom is 0.243 e. The van der Waals surface area contributed by atoms with Crippen LogP contribution in [0.15, 0.2) is 74.8 Å². The summed E-state index contributed by atoms with van der Waals surface area (Å²) < 4.78 is 38.5. The third-order valence-electron chi connectivity index (χ3n) is 4.68. The molecule has 0 N–H and O–H groups in total. The third kappa shape index (κ3) is 3.74. The molecule has 0 unspecified atom stereocenters. The number of benzene rings is 1. The molecule has 1 amide bonds. The Morgan fingerprint density at radius 3 is 2.00 bits per heavy atom. The Kier molecular flexibility index (Phi) is 5.06. The summed E-state index contributed by atoms with van der Waals surface area (Å²) in [5.41, 5.74) is 0.713. The molecule has 3 aromatic rings. The lowest BCUT2D eigenvalue weighted by atomic mass is 10.3. The first-order valence-electron chi connectivity index (χ1n) is 8.99. The summed E-state index contributed by atoms with van der Waals surface area (Å²) in [6.07, 6.45) is 4.36. The van der Waals surface area contributed by atoms with Gasteiger partial charge in [0, 0.05) is 18.7 Å². The van der Waals surface area contributed by atoms with Gasteiger partial charge in [0.1, 0.15) is 11.5 Å². The van der Waals surface area contributed by atoms with Gasteiger partial charge in [0.15, 0.2) is 0 Å². The van der Waals surface area contributed by atoms with Crippen molar-refractivity contribution in [2.75, 3.05) is 11.4 Å². The summed E-state index contributed by atoms with van der Waals surface area (Å²) in [5.74, 6) is 1.14. The number of anilines is 1. The molecule has 4 rings (SSSR count). The van der Waals surface area contributed by atoms with E-state index in [9.17, 15) is 13.2 Å². The second-order valence-corrected chi connectivity index (χ2v) is 8.51. The Morgan fingerprint density at radius 2 is 1.54 bits per heavy atom. The first kappa shape index (κ1) is 18.5. The molecule has 28 heavy (non-hydrogen) atoms. The molecule has 0 aliphatic carbocycles. The molecule has 1 saturated heterocycles. The summed E-state index contributed by atoms with van der Waals surface area (Å²) in [7, 11) is -3.80. The van der Waals surface area contributed by atoms with Gasteiger partial charge in [-0.1, -0.05) is 0 Å². The van der Waals surface area contributed by atoms with Crippen molar-refractivity contribution in [2.24, 2.45) is 0 Å². The highest BCUT2D eigenvalue weighted by atomic mass is 32.2. The number of furan rings is 2. The van der Waals surface area contributed by atoms with Gasteiger partial charge in [-0.05, 0) is 55.0 Å². The smallest absolute Gasteiger partial charge is 0.243 e. The number of rotatable bonds is 7. The first-order chi connectivity index (χ1) is 13.5. The lowest BCUT2D eigenvalue weighted by Crippen LogP contribution is -2.30. The highest BCUT2D eigenvalue weighted by Crippen LogP contribution is 2.26. The summed E-state index contributed by atoms with van der Waals surface area (Å²) in [6, 6.07) is 13.3. The Bertz CT molecular complexity index is 989. The summed E-state index contributed by atoms with van der Waals surface area (Å²) in [6.45, 7) is 0.832. The van der Waals surface area contributed by atoms with Gasteiger partial charge in [-0.3, -0.25) is 4.79 Å². The van der Waals surface area contributed by atoms with Crippen LogP contribution >= 0.6 is 0 Å². The number of nitrogens with zero attached hydrogens (tertiary/aromatic N) is 2. The number of carbonyl (C=O) groups is 1. The topological polar surface area (TPSA) is 84.0 Å². The molecule has 1 fully saturated rings. The van der Waals surface area contributed by atoms with Gasteiger partial charge in [-0.15, -0.1) is 0 Å². The van der Waals surface area contributed by atoms with E-state index in [4.69, 9.17) is 8.83 Å². The number of carbonyl (C=O) groups excluding carboxylic acids is 1. The first-order valence-corrected chi connectivity index (χ1v) is 10.4. The SMILES string of the molecule is O=C1CCCN1c1ccc(S(=O)(=O)N(Cc2ccco2)Cc2ccco2)cc1. The van der Waals surface area contributed by atoms with Gasteiger partial charge in [-0.2, -0.15) is 4.31 Å². The lowest BCUT2D eigenvalue weighted by Gasteiger charge is -2.21. The molecule has 0 bridgehead atoms. The molecule has 0 radical (unpaired) electrons. The van der Waals surface area contributed by atoms with E-state index in [1.165, 1.54) is 29.0 Å². The van der Waals surface area contributed by atoms with Gasteiger partial charge in [-0.25, -0.2) is 8.42 Å². The van der Waals surface area contributed by atoms with Crippen LogP contribution in [0.4, 0.5) is 5.69 Å². The molecular weight excluding hydrogens is 380 g/mol. The monoisotopic (exact) mass is 400 g/mol. The second kappa shape index (κ2) is 7.65. The standard InChI is InChI=1S/C20H20N2O5S/c23-20-6-1-11-22(20)16-7-9-19(10-8-16)28(24,25)21(14-17-4-2-12-26-17)15-18-5-3-13-27-18/h2-5,7-10,12-13H,1,6,11,14-15H2. The summed E-state index contributed by atoms with van der Waals surface area (Å²) in [4.78, 5) is 13.7. The van der Waals surface area contributed by atoms with Crippen molar-refractivity contribution in [1.82, 2.24) is 4.31 Å². The van der Waals surface area contributed by atoms with Crippen LogP contribution < -0.4 is 4.90 Å². The zero-order valence-electron chi connectivity index (χ0n) is 15.2. The van der Waals surface area contributed by atoms with Crippen LogP contribution in [0.3, 0.4) is 0 Å². The summed E-state index contributed by atoms with van der Waals surface area (Å²) >= 11 is 0. The highest BCUT2D eigenvalue weighted by molar-refractivity contribution is 7.89. The van der Waals surface area contributed by atoms with E-state index in [0.29, 0.717) is 30.2 Å². The van der Waals surface area contributed by atoms with Crippen LogP contribution in [0.2, 0.25) is 0 Å². The zero-order valence-corrected chi connectivity index (χ0v) is 16.0. The molecule has 3 heterocycles. The Balaban J connectivity index is 1.61. The van der Waals surface area contributed by atoms with Crippen molar-refractivity contribution in [3.05, 3.63) is 72.6 Å². The molecule has 1 aliphatic heterocycles. The molecule has 0 spiro atoms. The van der Waals surface area contributed by atoms with Crippen LogP contribution in [0.1, 0.15) is 24.4 Å². The minimum absolute atomic E-state index is 0.0628. The van der Waals surface area contributed by atoms with Crippen molar-refractivity contribution in [2.45, 2.75) is 30.8 Å².